The summed E-state index contributed by atoms with van der Waals surface area (Å²) in [5, 5.41) is 10.2. The Kier molecular flexibility index (Phi) is 7.35. The largest absolute Gasteiger partial charge is 0.489 e. The molecule has 0 aliphatic carbocycles. The Morgan fingerprint density at radius 1 is 1.26 bits per heavy atom. The third kappa shape index (κ3) is 4.70. The minimum atomic E-state index is -2.49. The minimum Gasteiger partial charge on any atom is -0.489 e. The lowest BCUT2D eigenvalue weighted by Gasteiger charge is -2.38. The number of benzene rings is 2. The van der Waals surface area contributed by atoms with Gasteiger partial charge in [-0.2, -0.15) is 15.2 Å². The van der Waals surface area contributed by atoms with Crippen molar-refractivity contribution in [3.05, 3.63) is 34.4 Å². The second-order valence-electron chi connectivity index (χ2n) is 13.3. The molecule has 8 nitrogen and oxygen atoms in total. The van der Waals surface area contributed by atoms with Gasteiger partial charge in [-0.25, -0.2) is 17.6 Å². The van der Waals surface area contributed by atoms with Crippen LogP contribution in [0.25, 0.3) is 32.1 Å². The zero-order valence-corrected chi connectivity index (χ0v) is 27.0. The van der Waals surface area contributed by atoms with Gasteiger partial charge in [-0.1, -0.05) is 24.6 Å². The van der Waals surface area contributed by atoms with E-state index in [1.807, 2.05) is 11.0 Å². The van der Waals surface area contributed by atoms with E-state index in [1.165, 1.54) is 12.1 Å². The molecule has 0 radical (unpaired) electrons. The van der Waals surface area contributed by atoms with E-state index in [4.69, 9.17) is 31.8 Å². The third-order valence-electron chi connectivity index (χ3n) is 10.4. The number of nitrogens with zero attached hydrogens (tertiary/aromatic N) is 5. The number of nitriles is 1. The number of anilines is 2. The van der Waals surface area contributed by atoms with Crippen LogP contribution in [0.4, 0.5) is 28.4 Å². The number of fused-ring (bicyclic) bond motifs is 4. The molecule has 4 atom stereocenters. The number of halogens is 5. The van der Waals surface area contributed by atoms with Crippen LogP contribution < -0.4 is 20.1 Å². The first-order valence-corrected chi connectivity index (χ1v) is 17.0. The summed E-state index contributed by atoms with van der Waals surface area (Å²) < 4.78 is 72.4. The van der Waals surface area contributed by atoms with Crippen LogP contribution in [0.1, 0.15) is 44.6 Å². The van der Waals surface area contributed by atoms with Crippen molar-refractivity contribution in [3.63, 3.8) is 0 Å². The molecule has 47 heavy (non-hydrogen) atoms. The number of rotatable bonds is 5. The number of alkyl halides is 2. The van der Waals surface area contributed by atoms with Crippen LogP contribution in [-0.2, 0) is 0 Å². The highest BCUT2D eigenvalue weighted by molar-refractivity contribution is 7.23. The smallest absolute Gasteiger partial charge is 0.319 e. The van der Waals surface area contributed by atoms with Gasteiger partial charge in [0.15, 0.2) is 11.6 Å². The molecule has 0 spiro atoms. The molecule has 8 rings (SSSR count). The van der Waals surface area contributed by atoms with Crippen molar-refractivity contribution in [2.45, 2.75) is 57.0 Å². The average Bonchev–Trinajstić information content (AvgIpc) is 3.66. The SMILES string of the molecule is C[C@H]1CN2CCCC2(COc2nc3c4c(c(Cl)c(-c5ccc(F)c6sc(N)c(C#N)c56)c(F)c4n2)OCC2CC(C(F)F)CCN32)C1. The Balaban J connectivity index is 1.33. The molecule has 14 heteroatoms. The fraction of sp³-hybridized carbons (Fsp3) is 0.485. The van der Waals surface area contributed by atoms with Gasteiger partial charge in [-0.3, -0.25) is 4.90 Å². The average molecular weight is 687 g/mol. The lowest BCUT2D eigenvalue weighted by Crippen LogP contribution is -2.47. The summed E-state index contributed by atoms with van der Waals surface area (Å²) >= 11 is 7.88. The summed E-state index contributed by atoms with van der Waals surface area (Å²) in [7, 11) is 0. The maximum absolute atomic E-state index is 17.1. The number of nitrogens with two attached hydrogens (primary N) is 1. The van der Waals surface area contributed by atoms with Crippen molar-refractivity contribution in [2.24, 2.45) is 11.8 Å². The number of nitrogen functional groups attached to an aromatic ring is 1. The van der Waals surface area contributed by atoms with Crippen molar-refractivity contribution >= 4 is 54.7 Å². The molecule has 3 fully saturated rings. The summed E-state index contributed by atoms with van der Waals surface area (Å²) in [5.74, 6) is -1.35. The molecule has 6 heterocycles. The number of hydrogen-bond donors (Lipinski definition) is 1. The molecule has 4 aliphatic heterocycles. The van der Waals surface area contributed by atoms with Crippen molar-refractivity contribution < 1.29 is 27.0 Å². The highest BCUT2D eigenvalue weighted by atomic mass is 35.5. The first kappa shape index (κ1) is 30.7. The van der Waals surface area contributed by atoms with Gasteiger partial charge < -0.3 is 20.1 Å². The molecule has 4 aliphatic rings. The van der Waals surface area contributed by atoms with Crippen molar-refractivity contribution in [1.29, 1.82) is 5.26 Å². The van der Waals surface area contributed by atoms with Gasteiger partial charge in [0.1, 0.15) is 41.4 Å². The van der Waals surface area contributed by atoms with Crippen LogP contribution in [0.3, 0.4) is 0 Å². The molecule has 4 aromatic rings. The summed E-state index contributed by atoms with van der Waals surface area (Å²) in [4.78, 5) is 13.7. The number of hydrogen-bond acceptors (Lipinski definition) is 9. The molecule has 3 saturated heterocycles. The Morgan fingerprint density at radius 2 is 2.09 bits per heavy atom. The van der Waals surface area contributed by atoms with E-state index in [2.05, 4.69) is 16.8 Å². The predicted octanol–water partition coefficient (Wildman–Crippen LogP) is 7.39. The van der Waals surface area contributed by atoms with E-state index in [1.54, 1.807) is 0 Å². The zero-order valence-electron chi connectivity index (χ0n) is 25.5. The Hall–Kier alpha value is -3.60. The van der Waals surface area contributed by atoms with Gasteiger partial charge in [-0.15, -0.1) is 11.3 Å². The lowest BCUT2D eigenvalue weighted by atomic mass is 9.91. The molecule has 0 saturated carbocycles. The van der Waals surface area contributed by atoms with Gasteiger partial charge in [0.25, 0.3) is 0 Å². The predicted molar refractivity (Wildman–Crippen MR) is 173 cm³/mol. The first-order valence-electron chi connectivity index (χ1n) is 15.8. The zero-order chi connectivity index (χ0) is 32.8. The summed E-state index contributed by atoms with van der Waals surface area (Å²) in [6.07, 6.45) is 0.874. The fourth-order valence-electron chi connectivity index (χ4n) is 8.34. The van der Waals surface area contributed by atoms with Crippen molar-refractivity contribution in [2.75, 3.05) is 43.5 Å². The van der Waals surface area contributed by atoms with E-state index in [0.717, 1.165) is 43.7 Å². The van der Waals surface area contributed by atoms with Gasteiger partial charge in [0.05, 0.1) is 32.3 Å². The maximum atomic E-state index is 17.1. The molecule has 3 unspecified atom stereocenters. The normalized spacial score (nSPS) is 25.6. The summed E-state index contributed by atoms with van der Waals surface area (Å²) in [5.41, 5.74) is 5.81. The minimum absolute atomic E-state index is 0.000699. The molecule has 246 valence electrons. The second-order valence-corrected chi connectivity index (χ2v) is 14.7. The summed E-state index contributed by atoms with van der Waals surface area (Å²) in [6, 6.07) is 4.02. The molecular weight excluding hydrogens is 656 g/mol. The maximum Gasteiger partial charge on any atom is 0.319 e. The molecule has 0 bridgehead atoms. The van der Waals surface area contributed by atoms with Crippen molar-refractivity contribution in [3.8, 4) is 29.0 Å². The monoisotopic (exact) mass is 686 g/mol. The Bertz CT molecular complexity index is 1990. The van der Waals surface area contributed by atoms with Gasteiger partial charge >= 0.3 is 6.01 Å². The molecule has 2 aromatic heterocycles. The standard InChI is InChI=1S/C33H31ClF4N6O2S/c1-15-10-33(6-2-7-43(33)12-15)14-46-32-41-26-23-27(45-13-17-9-16(29(37)38)5-8-44(17)31(23)42-32)24(34)22(25(26)36)18-3-4-20(35)28-21(18)19(11-39)30(40)47-28/h3-4,15-17,29H,2,5-10,12-14,40H2,1H3/t15-,16?,17?,33?/m1/s1. The van der Waals surface area contributed by atoms with Gasteiger partial charge in [0.2, 0.25) is 6.43 Å². The van der Waals surface area contributed by atoms with Crippen LogP contribution in [-0.4, -0.2) is 65.7 Å². The molecule has 2 N–H and O–H groups in total. The number of ether oxygens (including phenoxy) is 2. The van der Waals surface area contributed by atoms with Gasteiger partial charge in [0, 0.05) is 30.0 Å². The topological polar surface area (TPSA) is 101 Å². The molecule has 0 amide bonds. The summed E-state index contributed by atoms with van der Waals surface area (Å²) in [6.45, 7) is 4.76. The van der Waals surface area contributed by atoms with Crippen LogP contribution in [0, 0.1) is 34.8 Å². The lowest BCUT2D eigenvalue weighted by molar-refractivity contribution is 0.0512. The molecule has 2 aromatic carbocycles. The quantitative estimate of drug-likeness (QED) is 0.217. The highest BCUT2D eigenvalue weighted by Crippen LogP contribution is 2.52. The fourth-order valence-corrected chi connectivity index (χ4v) is 9.62. The number of aromatic nitrogens is 2. The van der Waals surface area contributed by atoms with E-state index >= 15 is 4.39 Å². The number of thiophene rings is 1. The van der Waals surface area contributed by atoms with Crippen LogP contribution >= 0.6 is 22.9 Å². The Morgan fingerprint density at radius 3 is 2.87 bits per heavy atom. The Labute approximate surface area is 277 Å². The second kappa shape index (κ2) is 11.2. The van der Waals surface area contributed by atoms with Crippen LogP contribution in [0.15, 0.2) is 12.1 Å². The van der Waals surface area contributed by atoms with E-state index < -0.39 is 30.0 Å². The first-order chi connectivity index (χ1) is 22.6. The highest BCUT2D eigenvalue weighted by Gasteiger charge is 2.48. The van der Waals surface area contributed by atoms with Gasteiger partial charge in [-0.05, 0) is 56.2 Å². The van der Waals surface area contributed by atoms with Crippen molar-refractivity contribution in [1.82, 2.24) is 14.9 Å². The van der Waals surface area contributed by atoms with E-state index in [-0.39, 0.29) is 91.0 Å². The van der Waals surface area contributed by atoms with E-state index in [0.29, 0.717) is 18.3 Å². The molecular formula is C33H31ClF4N6O2S. The van der Waals surface area contributed by atoms with E-state index in [9.17, 15) is 18.4 Å². The van der Waals surface area contributed by atoms with Crippen LogP contribution in [0.2, 0.25) is 5.02 Å². The van der Waals surface area contributed by atoms with Crippen LogP contribution in [0.5, 0.6) is 11.8 Å². The third-order valence-corrected chi connectivity index (χ3v) is 11.8. The number of piperidine rings is 1.